The molecule has 0 unspecified atom stereocenters. The Bertz CT molecular complexity index is 1690. The van der Waals surface area contributed by atoms with Crippen molar-refractivity contribution in [3.8, 4) is 5.75 Å². The van der Waals surface area contributed by atoms with E-state index in [0.717, 1.165) is 28.7 Å². The number of carbonyl (C=O) groups excluding carboxylic acids is 3. The molecule has 0 saturated carbocycles. The molecular formula is C29H22FN5O4S2. The average molecular weight is 588 g/mol. The van der Waals surface area contributed by atoms with Crippen LogP contribution in [-0.2, 0) is 4.79 Å². The van der Waals surface area contributed by atoms with Gasteiger partial charge >= 0.3 is 0 Å². The number of hydrazone groups is 1. The number of hydrogen-bond acceptors (Lipinski definition) is 8. The van der Waals surface area contributed by atoms with E-state index < -0.39 is 17.6 Å². The molecule has 41 heavy (non-hydrogen) atoms. The number of hydrogen-bond donors (Lipinski definition) is 2. The summed E-state index contributed by atoms with van der Waals surface area (Å²) < 4.78 is 18.6. The maximum atomic E-state index is 13.5. The molecule has 0 atom stereocenters. The molecule has 2 N–H and O–H groups in total. The zero-order valence-corrected chi connectivity index (χ0v) is 23.4. The van der Waals surface area contributed by atoms with Crippen molar-refractivity contribution < 1.29 is 23.5 Å². The van der Waals surface area contributed by atoms with Gasteiger partial charge < -0.3 is 4.74 Å². The van der Waals surface area contributed by atoms with Crippen molar-refractivity contribution in [1.29, 1.82) is 0 Å². The van der Waals surface area contributed by atoms with Crippen molar-refractivity contribution in [2.75, 3.05) is 17.3 Å². The van der Waals surface area contributed by atoms with Gasteiger partial charge in [0.1, 0.15) is 16.4 Å². The SMILES string of the molecule is COc1ccccc1/C=C1\S/C(=N\NC(=O)c2sc(NC(=O)c3ccc(F)cc3)nc2C)N(c2ccccc2)C1=O. The Hall–Kier alpha value is -4.81. The molecule has 1 aliphatic rings. The van der Waals surface area contributed by atoms with Crippen LogP contribution in [0.4, 0.5) is 15.2 Å². The van der Waals surface area contributed by atoms with E-state index in [1.807, 2.05) is 24.3 Å². The lowest BCUT2D eigenvalue weighted by Crippen LogP contribution is -2.31. The van der Waals surface area contributed by atoms with Crippen LogP contribution in [0.2, 0.25) is 0 Å². The first-order valence-corrected chi connectivity index (χ1v) is 13.8. The zero-order chi connectivity index (χ0) is 28.9. The fourth-order valence-corrected chi connectivity index (χ4v) is 5.64. The summed E-state index contributed by atoms with van der Waals surface area (Å²) in [6.45, 7) is 1.63. The Morgan fingerprint density at radius 3 is 2.44 bits per heavy atom. The lowest BCUT2D eigenvalue weighted by Gasteiger charge is -2.15. The summed E-state index contributed by atoms with van der Waals surface area (Å²) in [7, 11) is 1.56. The van der Waals surface area contributed by atoms with Crippen LogP contribution in [-0.4, -0.2) is 35.0 Å². The molecule has 206 valence electrons. The van der Waals surface area contributed by atoms with E-state index >= 15 is 0 Å². The molecule has 2 heterocycles. The van der Waals surface area contributed by atoms with Crippen molar-refractivity contribution in [3.05, 3.63) is 111 Å². The molecule has 3 aromatic carbocycles. The fourth-order valence-electron chi connectivity index (χ4n) is 3.86. The van der Waals surface area contributed by atoms with Gasteiger partial charge in [-0.15, -0.1) is 5.10 Å². The third kappa shape index (κ3) is 6.18. The average Bonchev–Trinajstić information content (AvgIpc) is 3.50. The van der Waals surface area contributed by atoms with E-state index in [1.165, 1.54) is 29.2 Å². The number of para-hydroxylation sites is 2. The van der Waals surface area contributed by atoms with Crippen LogP contribution in [0.3, 0.4) is 0 Å². The van der Waals surface area contributed by atoms with E-state index in [-0.39, 0.29) is 26.6 Å². The topological polar surface area (TPSA) is 113 Å². The third-order valence-corrected chi connectivity index (χ3v) is 7.87. The van der Waals surface area contributed by atoms with Gasteiger partial charge in [0, 0.05) is 11.1 Å². The Morgan fingerprint density at radius 2 is 1.71 bits per heavy atom. The molecule has 0 bridgehead atoms. The fraction of sp³-hybridized carbons (Fsp3) is 0.0690. The van der Waals surface area contributed by atoms with E-state index in [2.05, 4.69) is 20.8 Å². The predicted molar refractivity (Wildman–Crippen MR) is 159 cm³/mol. The van der Waals surface area contributed by atoms with Crippen LogP contribution in [0.5, 0.6) is 5.75 Å². The molecule has 0 radical (unpaired) electrons. The van der Waals surface area contributed by atoms with Crippen molar-refractivity contribution >= 4 is 62.9 Å². The van der Waals surface area contributed by atoms with Crippen LogP contribution >= 0.6 is 23.1 Å². The van der Waals surface area contributed by atoms with Gasteiger partial charge in [-0.25, -0.2) is 14.8 Å². The Morgan fingerprint density at radius 1 is 1.00 bits per heavy atom. The predicted octanol–water partition coefficient (Wildman–Crippen LogP) is 5.67. The second-order valence-corrected chi connectivity index (χ2v) is 10.6. The lowest BCUT2D eigenvalue weighted by molar-refractivity contribution is -0.113. The minimum Gasteiger partial charge on any atom is -0.496 e. The van der Waals surface area contributed by atoms with Gasteiger partial charge in [-0.05, 0) is 67.2 Å². The molecule has 4 aromatic rings. The highest BCUT2D eigenvalue weighted by molar-refractivity contribution is 8.19. The van der Waals surface area contributed by atoms with E-state index in [4.69, 9.17) is 4.74 Å². The van der Waals surface area contributed by atoms with Gasteiger partial charge in [0.2, 0.25) is 0 Å². The standard InChI is InChI=1S/C29H22FN5O4S2/c1-17-24(41-28(31-17)32-25(36)18-12-14-20(30)15-13-18)26(37)33-34-29-35(21-9-4-3-5-10-21)27(38)23(40-29)16-19-8-6-7-11-22(19)39-2/h3-16H,1-2H3,(H,33,37)(H,31,32,36)/b23-16-,34-29-. The maximum absolute atomic E-state index is 13.5. The zero-order valence-electron chi connectivity index (χ0n) is 21.8. The molecule has 1 saturated heterocycles. The second-order valence-electron chi connectivity index (χ2n) is 8.56. The summed E-state index contributed by atoms with van der Waals surface area (Å²) in [5.74, 6) is -1.19. The van der Waals surface area contributed by atoms with Gasteiger partial charge in [-0.1, -0.05) is 47.7 Å². The number of nitrogens with one attached hydrogen (secondary N) is 2. The van der Waals surface area contributed by atoms with Crippen molar-refractivity contribution in [3.63, 3.8) is 0 Å². The van der Waals surface area contributed by atoms with Crippen molar-refractivity contribution in [2.45, 2.75) is 6.92 Å². The number of thioether (sulfide) groups is 1. The minimum atomic E-state index is -0.557. The highest BCUT2D eigenvalue weighted by Gasteiger charge is 2.35. The molecule has 0 aliphatic carbocycles. The number of ether oxygens (including phenoxy) is 1. The van der Waals surface area contributed by atoms with Crippen molar-refractivity contribution in [2.24, 2.45) is 5.10 Å². The van der Waals surface area contributed by atoms with Crippen LogP contribution in [0.15, 0.2) is 88.9 Å². The molecule has 0 spiro atoms. The summed E-state index contributed by atoms with van der Waals surface area (Å²) >= 11 is 2.08. The summed E-state index contributed by atoms with van der Waals surface area (Å²) in [6, 6.07) is 21.4. The number of amidine groups is 1. The normalized spacial score (nSPS) is 14.9. The monoisotopic (exact) mass is 587 g/mol. The van der Waals surface area contributed by atoms with Gasteiger partial charge in [0.05, 0.1) is 23.4 Å². The highest BCUT2D eigenvalue weighted by Crippen LogP contribution is 2.37. The number of amides is 3. The van der Waals surface area contributed by atoms with Gasteiger partial charge in [0.15, 0.2) is 10.3 Å². The number of aromatic nitrogens is 1. The number of anilines is 2. The summed E-state index contributed by atoms with van der Waals surface area (Å²) in [5, 5.41) is 7.35. The number of benzene rings is 3. The second kappa shape index (κ2) is 12.1. The van der Waals surface area contributed by atoms with Gasteiger partial charge in [-0.3, -0.25) is 24.6 Å². The molecule has 3 amide bonds. The summed E-state index contributed by atoms with van der Waals surface area (Å²) in [6.07, 6.45) is 1.72. The molecule has 1 aromatic heterocycles. The van der Waals surface area contributed by atoms with Crippen LogP contribution in [0, 0.1) is 12.7 Å². The van der Waals surface area contributed by atoms with E-state index in [1.54, 1.807) is 50.4 Å². The number of methoxy groups -OCH3 is 1. The first-order chi connectivity index (χ1) is 19.8. The summed E-state index contributed by atoms with van der Waals surface area (Å²) in [4.78, 5) is 45.3. The quantitative estimate of drug-likeness (QED) is 0.213. The number of rotatable bonds is 7. The number of aryl methyl sites for hydroxylation is 1. The smallest absolute Gasteiger partial charge is 0.283 e. The first-order valence-electron chi connectivity index (χ1n) is 12.2. The molecule has 9 nitrogen and oxygen atoms in total. The number of nitrogens with zero attached hydrogens (tertiary/aromatic N) is 3. The molecular weight excluding hydrogens is 565 g/mol. The highest BCUT2D eigenvalue weighted by atomic mass is 32.2. The summed E-state index contributed by atoms with van der Waals surface area (Å²) in [5.41, 5.74) is 4.45. The number of halogens is 1. The Labute approximate surface area is 242 Å². The van der Waals surface area contributed by atoms with E-state index in [9.17, 15) is 18.8 Å². The molecule has 5 rings (SSSR count). The van der Waals surface area contributed by atoms with Gasteiger partial charge in [0.25, 0.3) is 17.7 Å². The minimum absolute atomic E-state index is 0.202. The Balaban J connectivity index is 1.37. The van der Waals surface area contributed by atoms with E-state index in [0.29, 0.717) is 22.0 Å². The van der Waals surface area contributed by atoms with Crippen molar-refractivity contribution in [1.82, 2.24) is 10.4 Å². The largest absolute Gasteiger partial charge is 0.496 e. The molecule has 1 aliphatic heterocycles. The Kier molecular flexibility index (Phi) is 8.22. The van der Waals surface area contributed by atoms with Crippen LogP contribution in [0.1, 0.15) is 31.3 Å². The number of carbonyl (C=O) groups is 3. The molecule has 1 fully saturated rings. The van der Waals surface area contributed by atoms with Gasteiger partial charge in [-0.2, -0.15) is 0 Å². The first kappa shape index (κ1) is 27.7. The maximum Gasteiger partial charge on any atom is 0.283 e. The third-order valence-electron chi connectivity index (χ3n) is 5.83. The number of thiazole rings is 1. The lowest BCUT2D eigenvalue weighted by atomic mass is 10.2. The van der Waals surface area contributed by atoms with Crippen LogP contribution < -0.4 is 20.4 Å². The van der Waals surface area contributed by atoms with Crippen LogP contribution in [0.25, 0.3) is 6.08 Å². The molecule has 12 heteroatoms.